The number of aryl methyl sites for hydroxylation is 1. The Bertz CT molecular complexity index is 406. The number of aromatic nitrogens is 1. The average molecular weight is 218 g/mol. The van der Waals surface area contributed by atoms with Gasteiger partial charge in [-0.3, -0.25) is 4.98 Å². The fourth-order valence-corrected chi connectivity index (χ4v) is 2.18. The molecule has 0 amide bonds. The highest BCUT2D eigenvalue weighted by Gasteiger charge is 2.08. The summed E-state index contributed by atoms with van der Waals surface area (Å²) in [5.74, 6) is 0. The van der Waals surface area contributed by atoms with Gasteiger partial charge >= 0.3 is 0 Å². The molecular formula is C12H14N2S. The Labute approximate surface area is 93.8 Å². The Hall–Kier alpha value is -1.19. The lowest BCUT2D eigenvalue weighted by molar-refractivity contribution is 0.719. The van der Waals surface area contributed by atoms with Gasteiger partial charge in [0, 0.05) is 29.2 Å². The van der Waals surface area contributed by atoms with Crippen LogP contribution in [0, 0.1) is 6.92 Å². The molecule has 1 unspecified atom stereocenters. The van der Waals surface area contributed by atoms with Crippen molar-refractivity contribution in [1.29, 1.82) is 0 Å². The molecule has 2 nitrogen and oxygen atoms in total. The molecule has 0 aliphatic heterocycles. The number of nitrogens with zero attached hydrogens (tertiary/aromatic N) is 1. The Morgan fingerprint density at radius 1 is 1.40 bits per heavy atom. The van der Waals surface area contributed by atoms with E-state index in [9.17, 15) is 0 Å². The molecule has 3 heteroatoms. The summed E-state index contributed by atoms with van der Waals surface area (Å²) >= 11 is 1.70. The first kappa shape index (κ1) is 10.3. The third-order valence-electron chi connectivity index (χ3n) is 2.31. The summed E-state index contributed by atoms with van der Waals surface area (Å²) in [7, 11) is 0. The van der Waals surface area contributed by atoms with E-state index in [1.165, 1.54) is 10.4 Å². The monoisotopic (exact) mass is 218 g/mol. The molecule has 0 radical (unpaired) electrons. The predicted octanol–water partition coefficient (Wildman–Crippen LogP) is 2.69. The van der Waals surface area contributed by atoms with Gasteiger partial charge < -0.3 is 5.73 Å². The van der Waals surface area contributed by atoms with Crippen molar-refractivity contribution in [3.05, 3.63) is 52.0 Å². The van der Waals surface area contributed by atoms with Gasteiger partial charge in [-0.15, -0.1) is 11.3 Å². The maximum atomic E-state index is 6.08. The van der Waals surface area contributed by atoms with E-state index in [4.69, 9.17) is 5.73 Å². The molecule has 78 valence electrons. The molecule has 2 N–H and O–H groups in total. The summed E-state index contributed by atoms with van der Waals surface area (Å²) < 4.78 is 0. The maximum Gasteiger partial charge on any atom is 0.0445 e. The zero-order valence-electron chi connectivity index (χ0n) is 8.68. The van der Waals surface area contributed by atoms with Gasteiger partial charge in [0.2, 0.25) is 0 Å². The van der Waals surface area contributed by atoms with E-state index < -0.39 is 0 Å². The van der Waals surface area contributed by atoms with Crippen LogP contribution in [0.25, 0.3) is 0 Å². The first-order valence-corrected chi connectivity index (χ1v) is 5.84. The summed E-state index contributed by atoms with van der Waals surface area (Å²) in [5.41, 5.74) is 8.32. The van der Waals surface area contributed by atoms with Crippen LogP contribution in [0.2, 0.25) is 0 Å². The molecular weight excluding hydrogens is 204 g/mol. The number of hydrogen-bond acceptors (Lipinski definition) is 3. The van der Waals surface area contributed by atoms with Crippen molar-refractivity contribution in [2.75, 3.05) is 0 Å². The van der Waals surface area contributed by atoms with Crippen LogP contribution in [0.4, 0.5) is 0 Å². The van der Waals surface area contributed by atoms with E-state index in [0.29, 0.717) is 0 Å². The predicted molar refractivity (Wildman–Crippen MR) is 63.9 cm³/mol. The van der Waals surface area contributed by atoms with Crippen LogP contribution in [0.1, 0.15) is 22.2 Å². The molecule has 0 aliphatic carbocycles. The van der Waals surface area contributed by atoms with E-state index in [-0.39, 0.29) is 6.04 Å². The lowest BCUT2D eigenvalue weighted by Gasteiger charge is -2.08. The minimum absolute atomic E-state index is 0.0696. The van der Waals surface area contributed by atoms with E-state index in [2.05, 4.69) is 22.5 Å². The molecule has 0 aliphatic rings. The minimum Gasteiger partial charge on any atom is -0.323 e. The molecule has 1 atom stereocenters. The van der Waals surface area contributed by atoms with Gasteiger partial charge in [0.25, 0.3) is 0 Å². The fraction of sp³-hybridized carbons (Fsp3) is 0.250. The minimum atomic E-state index is 0.0696. The van der Waals surface area contributed by atoms with Crippen LogP contribution in [-0.4, -0.2) is 4.98 Å². The normalized spacial score (nSPS) is 12.7. The lowest BCUT2D eigenvalue weighted by Crippen LogP contribution is -2.12. The number of nitrogens with two attached hydrogens (primary N) is 1. The third-order valence-corrected chi connectivity index (χ3v) is 3.31. The van der Waals surface area contributed by atoms with Crippen molar-refractivity contribution < 1.29 is 0 Å². The van der Waals surface area contributed by atoms with E-state index >= 15 is 0 Å². The molecule has 0 bridgehead atoms. The van der Waals surface area contributed by atoms with E-state index in [1.807, 2.05) is 25.3 Å². The molecule has 2 aromatic heterocycles. The molecule has 2 rings (SSSR count). The highest BCUT2D eigenvalue weighted by atomic mass is 32.1. The van der Waals surface area contributed by atoms with Gasteiger partial charge in [-0.2, -0.15) is 0 Å². The Morgan fingerprint density at radius 3 is 2.87 bits per heavy atom. The fourth-order valence-electron chi connectivity index (χ4n) is 1.45. The molecule has 0 aromatic carbocycles. The molecule has 15 heavy (non-hydrogen) atoms. The van der Waals surface area contributed by atoms with Gasteiger partial charge in [0.15, 0.2) is 0 Å². The first-order valence-electron chi connectivity index (χ1n) is 4.96. The average Bonchev–Trinajstić information content (AvgIpc) is 2.74. The maximum absolute atomic E-state index is 6.08. The Morgan fingerprint density at radius 2 is 2.27 bits per heavy atom. The molecule has 0 spiro atoms. The second-order valence-electron chi connectivity index (χ2n) is 3.65. The van der Waals surface area contributed by atoms with Gasteiger partial charge in [-0.1, -0.05) is 12.1 Å². The smallest absolute Gasteiger partial charge is 0.0445 e. The van der Waals surface area contributed by atoms with Crippen molar-refractivity contribution >= 4 is 11.3 Å². The molecule has 0 saturated carbocycles. The van der Waals surface area contributed by atoms with Crippen molar-refractivity contribution in [1.82, 2.24) is 4.98 Å². The first-order chi connectivity index (χ1) is 7.25. The van der Waals surface area contributed by atoms with Gasteiger partial charge in [-0.05, 0) is 30.0 Å². The van der Waals surface area contributed by atoms with E-state index in [0.717, 1.165) is 12.1 Å². The third kappa shape index (κ3) is 2.64. The van der Waals surface area contributed by atoms with E-state index in [1.54, 1.807) is 11.3 Å². The number of hydrogen-bond donors (Lipinski definition) is 1. The van der Waals surface area contributed by atoms with Gasteiger partial charge in [0.05, 0.1) is 0 Å². The summed E-state index contributed by atoms with van der Waals surface area (Å²) in [6, 6.07) is 8.29. The number of thiophene rings is 1. The number of pyridine rings is 1. The molecule has 2 aromatic rings. The van der Waals surface area contributed by atoms with Crippen LogP contribution < -0.4 is 5.73 Å². The Kier molecular flexibility index (Phi) is 3.14. The van der Waals surface area contributed by atoms with Crippen molar-refractivity contribution in [3.8, 4) is 0 Å². The summed E-state index contributed by atoms with van der Waals surface area (Å²) in [5, 5.41) is 2.05. The highest BCUT2D eigenvalue weighted by molar-refractivity contribution is 7.10. The second kappa shape index (κ2) is 4.55. The molecule has 2 heterocycles. The van der Waals surface area contributed by atoms with Crippen molar-refractivity contribution in [2.45, 2.75) is 19.4 Å². The van der Waals surface area contributed by atoms with Crippen LogP contribution in [0.3, 0.4) is 0 Å². The largest absolute Gasteiger partial charge is 0.323 e. The molecule has 0 saturated heterocycles. The topological polar surface area (TPSA) is 38.9 Å². The summed E-state index contributed by atoms with van der Waals surface area (Å²) in [6.45, 7) is 2.04. The van der Waals surface area contributed by atoms with Crippen molar-refractivity contribution in [3.63, 3.8) is 0 Å². The zero-order valence-corrected chi connectivity index (χ0v) is 9.50. The summed E-state index contributed by atoms with van der Waals surface area (Å²) in [6.07, 6.45) is 2.69. The highest BCUT2D eigenvalue weighted by Crippen LogP contribution is 2.19. The quantitative estimate of drug-likeness (QED) is 0.860. The SMILES string of the molecule is Cc1ccc(CC(N)c2cccs2)nc1. The van der Waals surface area contributed by atoms with Gasteiger partial charge in [0.1, 0.15) is 0 Å². The molecule has 0 fully saturated rings. The zero-order chi connectivity index (χ0) is 10.7. The van der Waals surface area contributed by atoms with Crippen LogP contribution in [0.5, 0.6) is 0 Å². The lowest BCUT2D eigenvalue weighted by atomic mass is 10.1. The van der Waals surface area contributed by atoms with Crippen molar-refractivity contribution in [2.24, 2.45) is 5.73 Å². The van der Waals surface area contributed by atoms with Crippen LogP contribution >= 0.6 is 11.3 Å². The summed E-state index contributed by atoms with van der Waals surface area (Å²) in [4.78, 5) is 5.57. The second-order valence-corrected chi connectivity index (χ2v) is 4.63. The van der Waals surface area contributed by atoms with Crippen LogP contribution in [0.15, 0.2) is 35.8 Å². The standard InChI is InChI=1S/C12H14N2S/c1-9-4-5-10(14-8-9)7-11(13)12-3-2-6-15-12/h2-6,8,11H,7,13H2,1H3. The van der Waals surface area contributed by atoms with Gasteiger partial charge in [-0.25, -0.2) is 0 Å². The van der Waals surface area contributed by atoms with Crippen LogP contribution in [-0.2, 0) is 6.42 Å². The number of rotatable bonds is 3. The Balaban J connectivity index is 2.06.